The van der Waals surface area contributed by atoms with Crippen molar-refractivity contribution in [2.75, 3.05) is 0 Å². The fourth-order valence-electron chi connectivity index (χ4n) is 14.2. The third-order valence-corrected chi connectivity index (χ3v) is 17.8. The second kappa shape index (κ2) is 16.4. The SMILES string of the molecule is CC1C/C=C2\c3cc4c(cc3-n3c5cc(ccc5c5cc6ccccc6cc53)CC2C(c2ccc3c(c2)CCc2ccccc2-3)/N=C\1c1ccc2c(c1)c1ccccc1n2-c1ccccc1)oc1ccc2ccccc2c14. The summed E-state index contributed by atoms with van der Waals surface area (Å²) in [4.78, 5) is 6.30. The van der Waals surface area contributed by atoms with E-state index in [0.717, 1.165) is 59.3 Å². The summed E-state index contributed by atoms with van der Waals surface area (Å²) in [7, 11) is 0. The molecule has 14 aromatic rings. The summed E-state index contributed by atoms with van der Waals surface area (Å²) in [6, 6.07) is 81.8. The van der Waals surface area contributed by atoms with Crippen molar-refractivity contribution in [1.82, 2.24) is 9.13 Å². The molecule has 0 radical (unpaired) electrons. The Kier molecular flexibility index (Phi) is 9.15. The molecular formula is C73H51N3O. The second-order valence-electron chi connectivity index (χ2n) is 22.1. The van der Waals surface area contributed by atoms with Gasteiger partial charge in [0.2, 0.25) is 0 Å². The zero-order valence-corrected chi connectivity index (χ0v) is 42.7. The molecule has 77 heavy (non-hydrogen) atoms. The number of para-hydroxylation sites is 2. The highest BCUT2D eigenvalue weighted by Gasteiger charge is 2.35. The van der Waals surface area contributed by atoms with Crippen molar-refractivity contribution in [3.05, 3.63) is 258 Å². The molecule has 2 bridgehead atoms. The highest BCUT2D eigenvalue weighted by molar-refractivity contribution is 6.21. The summed E-state index contributed by atoms with van der Waals surface area (Å²) < 4.78 is 12.0. The van der Waals surface area contributed by atoms with Crippen molar-refractivity contribution in [1.29, 1.82) is 0 Å². The number of hydrogen-bond acceptors (Lipinski definition) is 2. The minimum absolute atomic E-state index is 0.0181. The van der Waals surface area contributed by atoms with E-state index in [0.29, 0.717) is 0 Å². The Balaban J connectivity index is 0.943. The molecular weight excluding hydrogens is 935 g/mol. The lowest BCUT2D eigenvalue weighted by Crippen LogP contribution is -2.24. The molecule has 0 saturated heterocycles. The van der Waals surface area contributed by atoms with Crippen molar-refractivity contribution in [3.63, 3.8) is 0 Å². The monoisotopic (exact) mass is 985 g/mol. The molecule has 1 aliphatic carbocycles. The first-order valence-corrected chi connectivity index (χ1v) is 27.5. The standard InChI is InChI=1S/C73H51N3O/c1-43-23-30-56-61-41-63-70(77-69-34-29-46-14-8-10-20-55(46)71(63)69)42-68(61)76-66-36-44(24-31-58(66)60-38-47-15-5-6-16-48(47)40-67(60)76)35-62(56)73(50-27-32-54-49(37-50)26-25-45-13-7-9-19-53(45)54)74-72(43)51-28-33-65-59(39-51)57-21-11-12-22-64(57)75(65)52-17-3-2-4-18-52/h2-22,24,27-34,36-43,62,73H,23,25-26,35H2,1H3/b56-30+,74-72+. The first kappa shape index (κ1) is 43.0. The van der Waals surface area contributed by atoms with Crippen LogP contribution in [0.1, 0.15) is 52.8 Å². The minimum Gasteiger partial charge on any atom is -0.456 e. The van der Waals surface area contributed by atoms with Crippen molar-refractivity contribution < 1.29 is 4.42 Å². The second-order valence-corrected chi connectivity index (χ2v) is 22.1. The predicted octanol–water partition coefficient (Wildman–Crippen LogP) is 18.7. The van der Waals surface area contributed by atoms with Crippen molar-refractivity contribution in [2.45, 2.75) is 38.6 Å². The molecule has 3 unspecified atom stereocenters. The molecule has 4 nitrogen and oxygen atoms in total. The van der Waals surface area contributed by atoms with Gasteiger partial charge in [0, 0.05) is 67.2 Å². The highest BCUT2D eigenvalue weighted by Crippen LogP contribution is 2.50. The Morgan fingerprint density at radius 3 is 2.10 bits per heavy atom. The van der Waals surface area contributed by atoms with Crippen LogP contribution in [0.25, 0.3) is 115 Å². The molecule has 3 atom stereocenters. The van der Waals surface area contributed by atoms with Gasteiger partial charge in [-0.25, -0.2) is 0 Å². The first-order chi connectivity index (χ1) is 38.1. The molecule has 0 amide bonds. The average molecular weight is 986 g/mol. The van der Waals surface area contributed by atoms with Crippen LogP contribution in [0.15, 0.2) is 234 Å². The molecule has 3 aromatic heterocycles. The fraction of sp³-hybridized carbons (Fsp3) is 0.110. The Morgan fingerprint density at radius 2 is 1.19 bits per heavy atom. The van der Waals surface area contributed by atoms with Gasteiger partial charge in [-0.1, -0.05) is 165 Å². The number of fused-ring (bicyclic) bond motifs is 20. The van der Waals surface area contributed by atoms with Crippen LogP contribution in [0.2, 0.25) is 0 Å². The van der Waals surface area contributed by atoms with Gasteiger partial charge in [0.05, 0.1) is 33.8 Å². The Hall–Kier alpha value is -9.25. The summed E-state index contributed by atoms with van der Waals surface area (Å²) in [5.41, 5.74) is 22.0. The van der Waals surface area contributed by atoms with E-state index in [1.165, 1.54) is 121 Å². The lowest BCUT2D eigenvalue weighted by molar-refractivity contribution is 0.525. The van der Waals surface area contributed by atoms with E-state index in [1.54, 1.807) is 0 Å². The van der Waals surface area contributed by atoms with Crippen LogP contribution < -0.4 is 0 Å². The number of benzene rings is 11. The van der Waals surface area contributed by atoms with Gasteiger partial charge in [0.15, 0.2) is 0 Å². The van der Waals surface area contributed by atoms with Gasteiger partial charge in [-0.2, -0.15) is 0 Å². The lowest BCUT2D eigenvalue weighted by atomic mass is 9.75. The van der Waals surface area contributed by atoms with Crippen LogP contribution in [0.5, 0.6) is 0 Å². The summed E-state index contributed by atoms with van der Waals surface area (Å²) in [5.74, 6) is 0.0934. The Morgan fingerprint density at radius 1 is 0.468 bits per heavy atom. The third kappa shape index (κ3) is 6.42. The van der Waals surface area contributed by atoms with Gasteiger partial charge < -0.3 is 13.6 Å². The van der Waals surface area contributed by atoms with E-state index in [2.05, 4.69) is 241 Å². The maximum absolute atomic E-state index is 7.00. The van der Waals surface area contributed by atoms with Gasteiger partial charge in [-0.3, -0.25) is 4.99 Å². The Bertz CT molecular complexity index is 4910. The summed E-state index contributed by atoms with van der Waals surface area (Å²) in [6.07, 6.45) is 6.32. The van der Waals surface area contributed by atoms with Crippen LogP contribution in [0, 0.1) is 11.8 Å². The van der Waals surface area contributed by atoms with Crippen molar-refractivity contribution in [2.24, 2.45) is 16.8 Å². The molecule has 5 heterocycles. The number of aromatic nitrogens is 2. The smallest absolute Gasteiger partial charge is 0.137 e. The topological polar surface area (TPSA) is 35.4 Å². The molecule has 2 aliphatic heterocycles. The van der Waals surface area contributed by atoms with Gasteiger partial charge >= 0.3 is 0 Å². The van der Waals surface area contributed by atoms with Crippen LogP contribution in [0.4, 0.5) is 0 Å². The number of furan rings is 1. The Labute approximate surface area is 445 Å². The average Bonchev–Trinajstić information content (AvgIpc) is 4.25. The van der Waals surface area contributed by atoms with E-state index in [9.17, 15) is 0 Å². The molecule has 4 heteroatoms. The van der Waals surface area contributed by atoms with Crippen LogP contribution in [-0.2, 0) is 19.3 Å². The number of aryl methyl sites for hydroxylation is 2. The van der Waals surface area contributed by atoms with E-state index in [-0.39, 0.29) is 17.9 Å². The molecule has 364 valence electrons. The zero-order valence-electron chi connectivity index (χ0n) is 42.7. The zero-order chi connectivity index (χ0) is 50.5. The van der Waals surface area contributed by atoms with Crippen LogP contribution in [-0.4, -0.2) is 14.8 Å². The number of hydrogen-bond donors (Lipinski definition) is 0. The number of nitrogens with zero attached hydrogens (tertiary/aromatic N) is 3. The quantitative estimate of drug-likeness (QED) is 0.174. The lowest BCUT2D eigenvalue weighted by Gasteiger charge is -2.33. The van der Waals surface area contributed by atoms with Crippen molar-refractivity contribution >= 4 is 98.4 Å². The van der Waals surface area contributed by atoms with E-state index < -0.39 is 0 Å². The minimum atomic E-state index is -0.206. The predicted molar refractivity (Wildman–Crippen MR) is 321 cm³/mol. The van der Waals surface area contributed by atoms with Gasteiger partial charge in [0.25, 0.3) is 0 Å². The van der Waals surface area contributed by atoms with Crippen molar-refractivity contribution in [3.8, 4) is 22.5 Å². The fourth-order valence-corrected chi connectivity index (χ4v) is 14.2. The van der Waals surface area contributed by atoms with E-state index in [1.807, 2.05) is 0 Å². The summed E-state index contributed by atoms with van der Waals surface area (Å²) in [5, 5.41) is 12.2. The molecule has 3 aliphatic rings. The van der Waals surface area contributed by atoms with Gasteiger partial charge in [0.1, 0.15) is 11.2 Å². The number of rotatable bonds is 3. The molecule has 0 N–H and O–H groups in total. The molecule has 11 aromatic carbocycles. The van der Waals surface area contributed by atoms with E-state index >= 15 is 0 Å². The van der Waals surface area contributed by atoms with Crippen LogP contribution in [0.3, 0.4) is 0 Å². The molecule has 0 fully saturated rings. The number of allylic oxidation sites excluding steroid dienone is 1. The summed E-state index contributed by atoms with van der Waals surface area (Å²) in [6.45, 7) is 2.40. The van der Waals surface area contributed by atoms with E-state index in [4.69, 9.17) is 9.41 Å². The normalized spacial score (nSPS) is 18.6. The molecule has 0 spiro atoms. The maximum atomic E-state index is 7.00. The van der Waals surface area contributed by atoms with Crippen LogP contribution >= 0.6 is 0 Å². The largest absolute Gasteiger partial charge is 0.456 e. The first-order valence-electron chi connectivity index (χ1n) is 27.5. The molecule has 0 saturated carbocycles. The highest BCUT2D eigenvalue weighted by atomic mass is 16.3. The van der Waals surface area contributed by atoms with Gasteiger partial charge in [-0.15, -0.1) is 0 Å². The maximum Gasteiger partial charge on any atom is 0.137 e. The molecule has 17 rings (SSSR count). The third-order valence-electron chi connectivity index (χ3n) is 17.8. The number of aliphatic imine (C=N–C) groups is 1. The summed E-state index contributed by atoms with van der Waals surface area (Å²) >= 11 is 0. The van der Waals surface area contributed by atoms with Gasteiger partial charge in [-0.05, 0) is 152 Å².